The van der Waals surface area contributed by atoms with Crippen LogP contribution in [-0.2, 0) is 11.3 Å². The number of nitrogens with one attached hydrogen (secondary N) is 1. The largest absolute Gasteiger partial charge is 0.351 e. The lowest BCUT2D eigenvalue weighted by Gasteiger charge is -2.29. The SMILES string of the molecule is C[C@@H](C(=O)NCc1ccc(Cl)cc1)N1CCC[C@H]1c1cccs1. The van der Waals surface area contributed by atoms with Gasteiger partial charge < -0.3 is 5.32 Å². The smallest absolute Gasteiger partial charge is 0.237 e. The van der Waals surface area contributed by atoms with Gasteiger partial charge in [-0.1, -0.05) is 29.8 Å². The topological polar surface area (TPSA) is 32.3 Å². The van der Waals surface area contributed by atoms with E-state index in [0.717, 1.165) is 24.9 Å². The molecule has 3 nitrogen and oxygen atoms in total. The third-order valence-corrected chi connectivity index (χ3v) is 5.65. The average molecular weight is 349 g/mol. The third kappa shape index (κ3) is 3.94. The number of halogens is 1. The molecule has 1 N–H and O–H groups in total. The fourth-order valence-electron chi connectivity index (χ4n) is 3.13. The maximum absolute atomic E-state index is 12.5. The van der Waals surface area contributed by atoms with E-state index in [-0.39, 0.29) is 11.9 Å². The first-order valence-electron chi connectivity index (χ1n) is 7.96. The van der Waals surface area contributed by atoms with Gasteiger partial charge in [0, 0.05) is 22.5 Å². The van der Waals surface area contributed by atoms with E-state index in [1.165, 1.54) is 4.88 Å². The van der Waals surface area contributed by atoms with Gasteiger partial charge in [-0.25, -0.2) is 0 Å². The molecule has 1 aromatic carbocycles. The molecule has 1 aliphatic heterocycles. The number of amides is 1. The predicted octanol–water partition coefficient (Wildman–Crippen LogP) is 4.24. The molecule has 122 valence electrons. The van der Waals surface area contributed by atoms with Gasteiger partial charge in [0.15, 0.2) is 0 Å². The highest BCUT2D eigenvalue weighted by Gasteiger charge is 2.33. The van der Waals surface area contributed by atoms with Crippen LogP contribution in [0, 0.1) is 0 Å². The number of nitrogens with zero attached hydrogens (tertiary/aromatic N) is 1. The van der Waals surface area contributed by atoms with Crippen molar-refractivity contribution in [2.75, 3.05) is 6.54 Å². The van der Waals surface area contributed by atoms with E-state index in [4.69, 9.17) is 11.6 Å². The van der Waals surface area contributed by atoms with Crippen molar-refractivity contribution >= 4 is 28.8 Å². The van der Waals surface area contributed by atoms with Crippen LogP contribution in [0.15, 0.2) is 41.8 Å². The minimum atomic E-state index is -0.114. The van der Waals surface area contributed by atoms with Gasteiger partial charge in [-0.05, 0) is 55.5 Å². The van der Waals surface area contributed by atoms with Crippen molar-refractivity contribution in [3.63, 3.8) is 0 Å². The monoisotopic (exact) mass is 348 g/mol. The van der Waals surface area contributed by atoms with E-state index < -0.39 is 0 Å². The van der Waals surface area contributed by atoms with Crippen LogP contribution >= 0.6 is 22.9 Å². The van der Waals surface area contributed by atoms with Crippen LogP contribution in [0.25, 0.3) is 0 Å². The van der Waals surface area contributed by atoms with Crippen molar-refractivity contribution in [1.29, 1.82) is 0 Å². The van der Waals surface area contributed by atoms with E-state index in [0.29, 0.717) is 17.6 Å². The fourth-order valence-corrected chi connectivity index (χ4v) is 4.14. The zero-order chi connectivity index (χ0) is 16.2. The molecule has 0 aliphatic carbocycles. The summed E-state index contributed by atoms with van der Waals surface area (Å²) in [6.07, 6.45) is 2.28. The van der Waals surface area contributed by atoms with Crippen LogP contribution in [0.5, 0.6) is 0 Å². The Bertz CT molecular complexity index is 642. The van der Waals surface area contributed by atoms with Crippen molar-refractivity contribution < 1.29 is 4.79 Å². The van der Waals surface area contributed by atoms with Gasteiger partial charge >= 0.3 is 0 Å². The first kappa shape index (κ1) is 16.5. The Labute approximate surface area is 146 Å². The quantitative estimate of drug-likeness (QED) is 0.876. The molecule has 0 spiro atoms. The van der Waals surface area contributed by atoms with Crippen LogP contribution in [0.3, 0.4) is 0 Å². The summed E-state index contributed by atoms with van der Waals surface area (Å²) < 4.78 is 0. The first-order valence-corrected chi connectivity index (χ1v) is 9.22. The highest BCUT2D eigenvalue weighted by atomic mass is 35.5. The van der Waals surface area contributed by atoms with Crippen molar-refractivity contribution in [3.8, 4) is 0 Å². The molecule has 1 aromatic heterocycles. The molecule has 0 bridgehead atoms. The zero-order valence-corrected chi connectivity index (χ0v) is 14.7. The Morgan fingerprint density at radius 1 is 1.39 bits per heavy atom. The summed E-state index contributed by atoms with van der Waals surface area (Å²) in [5.74, 6) is 0.0865. The molecular weight excluding hydrogens is 328 g/mol. The predicted molar refractivity (Wildman–Crippen MR) is 95.8 cm³/mol. The molecule has 1 amide bonds. The summed E-state index contributed by atoms with van der Waals surface area (Å²) in [7, 11) is 0. The molecule has 0 saturated carbocycles. The van der Waals surface area contributed by atoms with E-state index in [2.05, 4.69) is 27.7 Å². The van der Waals surface area contributed by atoms with Gasteiger partial charge in [0.25, 0.3) is 0 Å². The van der Waals surface area contributed by atoms with Crippen molar-refractivity contribution in [3.05, 3.63) is 57.2 Å². The Balaban J connectivity index is 1.59. The third-order valence-electron chi connectivity index (χ3n) is 4.42. The number of thiophene rings is 1. The van der Waals surface area contributed by atoms with Gasteiger partial charge in [-0.15, -0.1) is 11.3 Å². The molecule has 1 aliphatic rings. The van der Waals surface area contributed by atoms with Crippen LogP contribution in [0.2, 0.25) is 5.02 Å². The fraction of sp³-hybridized carbons (Fsp3) is 0.389. The van der Waals surface area contributed by atoms with Crippen LogP contribution in [0.1, 0.15) is 36.2 Å². The number of likely N-dealkylation sites (tertiary alicyclic amines) is 1. The molecule has 3 rings (SSSR count). The Morgan fingerprint density at radius 3 is 2.87 bits per heavy atom. The van der Waals surface area contributed by atoms with Crippen molar-refractivity contribution in [2.45, 2.75) is 38.4 Å². The molecular formula is C18H21ClN2OS. The lowest BCUT2D eigenvalue weighted by Crippen LogP contribution is -2.44. The maximum atomic E-state index is 12.5. The number of rotatable bonds is 5. The molecule has 2 aromatic rings. The summed E-state index contributed by atoms with van der Waals surface area (Å²) in [6, 6.07) is 12.1. The summed E-state index contributed by atoms with van der Waals surface area (Å²) in [5, 5.41) is 5.86. The van der Waals surface area contributed by atoms with E-state index in [1.807, 2.05) is 31.2 Å². The Kier molecular flexibility index (Phi) is 5.36. The number of hydrogen-bond donors (Lipinski definition) is 1. The summed E-state index contributed by atoms with van der Waals surface area (Å²) >= 11 is 7.66. The van der Waals surface area contributed by atoms with E-state index in [1.54, 1.807) is 11.3 Å². The van der Waals surface area contributed by atoms with Gasteiger partial charge in [-0.2, -0.15) is 0 Å². The minimum Gasteiger partial charge on any atom is -0.351 e. The highest BCUT2D eigenvalue weighted by molar-refractivity contribution is 7.10. The molecule has 23 heavy (non-hydrogen) atoms. The van der Waals surface area contributed by atoms with Crippen molar-refractivity contribution in [2.24, 2.45) is 0 Å². The summed E-state index contributed by atoms with van der Waals surface area (Å²) in [4.78, 5) is 16.2. The lowest BCUT2D eigenvalue weighted by atomic mass is 10.1. The Hall–Kier alpha value is -1.36. The average Bonchev–Trinajstić information content (AvgIpc) is 3.23. The van der Waals surface area contributed by atoms with Crippen LogP contribution < -0.4 is 5.32 Å². The number of benzene rings is 1. The van der Waals surface area contributed by atoms with Gasteiger partial charge in [-0.3, -0.25) is 9.69 Å². The molecule has 1 saturated heterocycles. The second kappa shape index (κ2) is 7.47. The molecule has 5 heteroatoms. The molecule has 2 heterocycles. The standard InChI is InChI=1S/C18H21ClN2OS/c1-13(18(22)20-12-14-6-8-15(19)9-7-14)21-10-2-4-16(21)17-5-3-11-23-17/h3,5-9,11,13,16H,2,4,10,12H2,1H3,(H,20,22)/t13-,16-/m0/s1. The molecule has 0 radical (unpaired) electrons. The molecule has 0 unspecified atom stereocenters. The van der Waals surface area contributed by atoms with E-state index >= 15 is 0 Å². The summed E-state index contributed by atoms with van der Waals surface area (Å²) in [5.41, 5.74) is 1.06. The molecule has 2 atom stereocenters. The Morgan fingerprint density at radius 2 is 2.17 bits per heavy atom. The maximum Gasteiger partial charge on any atom is 0.237 e. The second-order valence-corrected chi connectivity index (χ2v) is 7.35. The second-order valence-electron chi connectivity index (χ2n) is 5.93. The van der Waals surface area contributed by atoms with Gasteiger partial charge in [0.2, 0.25) is 5.91 Å². The van der Waals surface area contributed by atoms with Crippen LogP contribution in [-0.4, -0.2) is 23.4 Å². The zero-order valence-electron chi connectivity index (χ0n) is 13.2. The first-order chi connectivity index (χ1) is 11.1. The minimum absolute atomic E-state index is 0.0865. The summed E-state index contributed by atoms with van der Waals surface area (Å²) in [6.45, 7) is 3.53. The molecule has 1 fully saturated rings. The number of carbonyl (C=O) groups excluding carboxylic acids is 1. The van der Waals surface area contributed by atoms with Crippen LogP contribution in [0.4, 0.5) is 0 Å². The lowest BCUT2D eigenvalue weighted by molar-refractivity contribution is -0.126. The van der Waals surface area contributed by atoms with Gasteiger partial charge in [0.1, 0.15) is 0 Å². The number of hydrogen-bond acceptors (Lipinski definition) is 3. The van der Waals surface area contributed by atoms with Gasteiger partial charge in [0.05, 0.1) is 6.04 Å². The van der Waals surface area contributed by atoms with Crippen molar-refractivity contribution in [1.82, 2.24) is 10.2 Å². The van der Waals surface area contributed by atoms with E-state index in [9.17, 15) is 4.79 Å². The normalized spacial score (nSPS) is 19.7. The highest BCUT2D eigenvalue weighted by Crippen LogP contribution is 2.35. The number of carbonyl (C=O) groups is 1.